The maximum Gasteiger partial charge on any atom is 0.271 e. The lowest BCUT2D eigenvalue weighted by molar-refractivity contribution is 0.0946. The van der Waals surface area contributed by atoms with E-state index in [-0.39, 0.29) is 11.6 Å². The van der Waals surface area contributed by atoms with Gasteiger partial charge in [0.05, 0.1) is 11.6 Å². The number of amides is 1. The number of rotatable bonds is 6. The predicted octanol–water partition coefficient (Wildman–Crippen LogP) is 2.87. The molecule has 23 heavy (non-hydrogen) atoms. The Kier molecular flexibility index (Phi) is 5.64. The molecule has 118 valence electrons. The topological polar surface area (TPSA) is 90.7 Å². The minimum absolute atomic E-state index is 0.226. The van der Waals surface area contributed by atoms with Crippen molar-refractivity contribution in [2.24, 2.45) is 5.92 Å². The van der Waals surface area contributed by atoms with Crippen LogP contribution >= 0.6 is 0 Å². The number of benzene rings is 1. The molecule has 6 heteroatoms. The summed E-state index contributed by atoms with van der Waals surface area (Å²) in [5.74, 6) is 0.826. The van der Waals surface area contributed by atoms with Gasteiger partial charge >= 0.3 is 0 Å². The molecular weight excluding hydrogens is 290 g/mol. The lowest BCUT2D eigenvalue weighted by Crippen LogP contribution is -2.26. The number of hydrogen-bond donors (Lipinski definition) is 2. The monoisotopic (exact) mass is 309 g/mol. The Bertz CT molecular complexity index is 704. The van der Waals surface area contributed by atoms with E-state index in [4.69, 9.17) is 5.26 Å². The average molecular weight is 309 g/mol. The highest BCUT2D eigenvalue weighted by Gasteiger charge is 2.08. The smallest absolute Gasteiger partial charge is 0.271 e. The van der Waals surface area contributed by atoms with Gasteiger partial charge in [-0.15, -0.1) is 10.2 Å². The number of nitrogens with zero attached hydrogens (tertiary/aromatic N) is 3. The van der Waals surface area contributed by atoms with Gasteiger partial charge in [0, 0.05) is 12.2 Å². The van der Waals surface area contributed by atoms with Crippen LogP contribution in [0, 0.1) is 17.2 Å². The fourth-order valence-corrected chi connectivity index (χ4v) is 1.90. The highest BCUT2D eigenvalue weighted by atomic mass is 16.1. The molecule has 0 aliphatic heterocycles. The Balaban J connectivity index is 1.96. The van der Waals surface area contributed by atoms with Crippen LogP contribution in [0.4, 0.5) is 11.5 Å². The van der Waals surface area contributed by atoms with Gasteiger partial charge in [-0.2, -0.15) is 5.26 Å². The third-order valence-corrected chi connectivity index (χ3v) is 3.17. The highest BCUT2D eigenvalue weighted by molar-refractivity contribution is 5.92. The molecule has 0 radical (unpaired) electrons. The Morgan fingerprint density at radius 3 is 2.74 bits per heavy atom. The number of nitriles is 1. The van der Waals surface area contributed by atoms with Gasteiger partial charge < -0.3 is 10.6 Å². The van der Waals surface area contributed by atoms with Crippen LogP contribution in [0.5, 0.6) is 0 Å². The Hall–Kier alpha value is -2.94. The molecular formula is C17H19N5O. The van der Waals surface area contributed by atoms with Crippen LogP contribution in [-0.2, 0) is 0 Å². The molecule has 6 nitrogen and oxygen atoms in total. The summed E-state index contributed by atoms with van der Waals surface area (Å²) in [4.78, 5) is 11.9. The van der Waals surface area contributed by atoms with Gasteiger partial charge in [0.25, 0.3) is 5.91 Å². The summed E-state index contributed by atoms with van der Waals surface area (Å²) < 4.78 is 0. The molecule has 0 saturated heterocycles. The van der Waals surface area contributed by atoms with E-state index in [0.29, 0.717) is 23.8 Å². The maximum absolute atomic E-state index is 11.9. The molecule has 0 bridgehead atoms. The van der Waals surface area contributed by atoms with Crippen molar-refractivity contribution in [2.45, 2.75) is 20.3 Å². The summed E-state index contributed by atoms with van der Waals surface area (Å²) in [6.07, 6.45) is 0.925. The van der Waals surface area contributed by atoms with Gasteiger partial charge in [0.2, 0.25) is 0 Å². The first-order valence-electron chi connectivity index (χ1n) is 7.47. The largest absolute Gasteiger partial charge is 0.351 e. The lowest BCUT2D eigenvalue weighted by Gasteiger charge is -2.07. The third kappa shape index (κ3) is 5.08. The van der Waals surface area contributed by atoms with Crippen LogP contribution in [0.25, 0.3) is 0 Å². The van der Waals surface area contributed by atoms with Gasteiger partial charge in [-0.05, 0) is 42.7 Å². The summed E-state index contributed by atoms with van der Waals surface area (Å²) in [6, 6.07) is 12.4. The zero-order valence-electron chi connectivity index (χ0n) is 13.2. The Morgan fingerprint density at radius 2 is 2.09 bits per heavy atom. The zero-order chi connectivity index (χ0) is 16.7. The molecule has 0 unspecified atom stereocenters. The fraction of sp³-hybridized carbons (Fsp3) is 0.294. The van der Waals surface area contributed by atoms with Crippen molar-refractivity contribution in [1.82, 2.24) is 15.5 Å². The van der Waals surface area contributed by atoms with Crippen LogP contribution in [0.2, 0.25) is 0 Å². The van der Waals surface area contributed by atoms with E-state index in [9.17, 15) is 4.79 Å². The summed E-state index contributed by atoms with van der Waals surface area (Å²) in [5.41, 5.74) is 1.58. The van der Waals surface area contributed by atoms with Crippen LogP contribution < -0.4 is 10.6 Å². The minimum atomic E-state index is -0.226. The van der Waals surface area contributed by atoms with Gasteiger partial charge in [0.1, 0.15) is 0 Å². The molecule has 0 aliphatic carbocycles. The van der Waals surface area contributed by atoms with E-state index in [2.05, 4.69) is 40.7 Å². The number of carbonyl (C=O) groups excluding carboxylic acids is 1. The number of anilines is 2. The maximum atomic E-state index is 11.9. The van der Waals surface area contributed by atoms with E-state index in [1.807, 2.05) is 6.07 Å². The van der Waals surface area contributed by atoms with E-state index in [0.717, 1.165) is 12.1 Å². The molecule has 0 fully saturated rings. The number of hydrogen-bond acceptors (Lipinski definition) is 5. The molecule has 1 aromatic carbocycles. The molecule has 1 amide bonds. The van der Waals surface area contributed by atoms with Crippen molar-refractivity contribution in [3.05, 3.63) is 47.7 Å². The van der Waals surface area contributed by atoms with E-state index in [1.54, 1.807) is 30.3 Å². The molecule has 0 spiro atoms. The van der Waals surface area contributed by atoms with Crippen LogP contribution in [0.3, 0.4) is 0 Å². The quantitative estimate of drug-likeness (QED) is 0.856. The molecule has 1 heterocycles. The first-order chi connectivity index (χ1) is 11.1. The molecule has 0 saturated carbocycles. The van der Waals surface area contributed by atoms with Crippen molar-refractivity contribution < 1.29 is 4.79 Å². The fourth-order valence-electron chi connectivity index (χ4n) is 1.90. The third-order valence-electron chi connectivity index (χ3n) is 3.17. The van der Waals surface area contributed by atoms with Gasteiger partial charge in [-0.3, -0.25) is 4.79 Å². The van der Waals surface area contributed by atoms with E-state index >= 15 is 0 Å². The van der Waals surface area contributed by atoms with Gasteiger partial charge in [-0.1, -0.05) is 19.9 Å². The second-order valence-electron chi connectivity index (χ2n) is 5.56. The van der Waals surface area contributed by atoms with Crippen molar-refractivity contribution >= 4 is 17.4 Å². The molecule has 1 aromatic heterocycles. The summed E-state index contributed by atoms with van der Waals surface area (Å²) >= 11 is 0. The number of nitrogens with one attached hydrogen (secondary N) is 2. The van der Waals surface area contributed by atoms with E-state index in [1.165, 1.54) is 0 Å². The highest BCUT2D eigenvalue weighted by Crippen LogP contribution is 2.15. The Labute approximate surface area is 135 Å². The molecule has 0 aliphatic rings. The van der Waals surface area contributed by atoms with E-state index < -0.39 is 0 Å². The van der Waals surface area contributed by atoms with Crippen molar-refractivity contribution in [2.75, 3.05) is 11.9 Å². The molecule has 0 atom stereocenters. The zero-order valence-corrected chi connectivity index (χ0v) is 13.2. The van der Waals surface area contributed by atoms with Crippen molar-refractivity contribution in [1.29, 1.82) is 5.26 Å². The van der Waals surface area contributed by atoms with Gasteiger partial charge in [-0.25, -0.2) is 0 Å². The van der Waals surface area contributed by atoms with Crippen LogP contribution in [0.15, 0.2) is 36.4 Å². The number of carbonyl (C=O) groups is 1. The summed E-state index contributed by atoms with van der Waals surface area (Å²) in [6.45, 7) is 4.83. The van der Waals surface area contributed by atoms with Gasteiger partial charge in [0.15, 0.2) is 11.5 Å². The first kappa shape index (κ1) is 16.4. The van der Waals surface area contributed by atoms with Crippen LogP contribution in [0.1, 0.15) is 36.3 Å². The molecule has 2 N–H and O–H groups in total. The average Bonchev–Trinajstić information content (AvgIpc) is 2.55. The first-order valence-corrected chi connectivity index (χ1v) is 7.47. The van der Waals surface area contributed by atoms with Crippen molar-refractivity contribution in [3.8, 4) is 6.07 Å². The number of aromatic nitrogens is 2. The second kappa shape index (κ2) is 7.90. The summed E-state index contributed by atoms with van der Waals surface area (Å²) in [5, 5.41) is 22.7. The molecule has 2 aromatic rings. The molecule has 2 rings (SSSR count). The minimum Gasteiger partial charge on any atom is -0.351 e. The predicted molar refractivity (Wildman–Crippen MR) is 88.3 cm³/mol. The SMILES string of the molecule is CC(C)CCNC(=O)c1ccc(Nc2cccc(C#N)c2)nn1. The van der Waals surface area contributed by atoms with Crippen LogP contribution in [-0.4, -0.2) is 22.6 Å². The lowest BCUT2D eigenvalue weighted by atomic mass is 10.1. The van der Waals surface area contributed by atoms with Crippen molar-refractivity contribution in [3.63, 3.8) is 0 Å². The standard InChI is InChI=1S/C17H19N5O/c1-12(2)8-9-19-17(23)15-6-7-16(22-21-15)20-14-5-3-4-13(10-14)11-18/h3-7,10,12H,8-9H2,1-2H3,(H,19,23)(H,20,22). The normalized spacial score (nSPS) is 10.2. The Morgan fingerprint density at radius 1 is 1.26 bits per heavy atom. The second-order valence-corrected chi connectivity index (χ2v) is 5.56. The summed E-state index contributed by atoms with van der Waals surface area (Å²) in [7, 11) is 0.